The zero-order valence-electron chi connectivity index (χ0n) is 12.7. The second-order valence-corrected chi connectivity index (χ2v) is 4.39. The molecule has 0 heterocycles. The molecule has 0 spiro atoms. The summed E-state index contributed by atoms with van der Waals surface area (Å²) in [6.45, 7) is 5.24. The number of carbonyl (C=O) groups excluding carboxylic acids is 1. The van der Waals surface area contributed by atoms with Crippen molar-refractivity contribution in [1.82, 2.24) is 0 Å². The normalized spacial score (nSPS) is 10.6. The Hall–Kier alpha value is -2.04. The number of rotatable bonds is 10. The molecule has 0 aliphatic rings. The summed E-state index contributed by atoms with van der Waals surface area (Å²) >= 11 is 0. The van der Waals surface area contributed by atoms with Gasteiger partial charge in [0.05, 0.1) is 25.8 Å². The van der Waals surface area contributed by atoms with E-state index in [0.29, 0.717) is 6.61 Å². The van der Waals surface area contributed by atoms with Gasteiger partial charge in [0, 0.05) is 0 Å². The van der Waals surface area contributed by atoms with Crippen molar-refractivity contribution in [2.75, 3.05) is 19.8 Å². The quantitative estimate of drug-likeness (QED) is 0.288. The standard InChI is InChI=1S/C16H23NO4/c1-3-5-11-20-15-8-6-14(7-9-15)13-17-21-12-10-16(18)19-4-2/h6-9,13H,3-5,10-12H2,1-2H3/b17-13+. The van der Waals surface area contributed by atoms with Gasteiger partial charge in [0.1, 0.15) is 12.4 Å². The van der Waals surface area contributed by atoms with Gasteiger partial charge in [-0.15, -0.1) is 0 Å². The third-order valence-corrected chi connectivity index (χ3v) is 2.63. The Morgan fingerprint density at radius 2 is 1.95 bits per heavy atom. The van der Waals surface area contributed by atoms with Crippen LogP contribution in [-0.4, -0.2) is 32.0 Å². The van der Waals surface area contributed by atoms with Gasteiger partial charge in [0.25, 0.3) is 0 Å². The third-order valence-electron chi connectivity index (χ3n) is 2.63. The second-order valence-electron chi connectivity index (χ2n) is 4.39. The van der Waals surface area contributed by atoms with Gasteiger partial charge >= 0.3 is 5.97 Å². The third kappa shape index (κ3) is 7.97. The first-order chi connectivity index (χ1) is 10.3. The van der Waals surface area contributed by atoms with E-state index in [1.165, 1.54) is 0 Å². The van der Waals surface area contributed by atoms with Crippen molar-refractivity contribution in [2.45, 2.75) is 33.1 Å². The molecule has 0 bridgehead atoms. The molecule has 0 atom stereocenters. The van der Waals surface area contributed by atoms with E-state index in [2.05, 4.69) is 12.1 Å². The van der Waals surface area contributed by atoms with E-state index in [9.17, 15) is 4.79 Å². The fourth-order valence-corrected chi connectivity index (χ4v) is 1.50. The lowest BCUT2D eigenvalue weighted by atomic mass is 10.2. The molecule has 1 rings (SSSR count). The molecule has 5 heteroatoms. The molecule has 0 aliphatic heterocycles. The van der Waals surface area contributed by atoms with E-state index < -0.39 is 0 Å². The average molecular weight is 293 g/mol. The molecule has 0 aliphatic carbocycles. The van der Waals surface area contributed by atoms with E-state index >= 15 is 0 Å². The summed E-state index contributed by atoms with van der Waals surface area (Å²) in [6.07, 6.45) is 3.97. The topological polar surface area (TPSA) is 57.1 Å². The molecule has 116 valence electrons. The van der Waals surface area contributed by atoms with Crippen molar-refractivity contribution in [3.8, 4) is 5.75 Å². The van der Waals surface area contributed by atoms with E-state index in [1.807, 2.05) is 24.3 Å². The molecule has 21 heavy (non-hydrogen) atoms. The number of hydrogen-bond acceptors (Lipinski definition) is 5. The van der Waals surface area contributed by atoms with Crippen molar-refractivity contribution in [3.63, 3.8) is 0 Å². The van der Waals surface area contributed by atoms with Crippen LogP contribution in [0.1, 0.15) is 38.7 Å². The number of carbonyl (C=O) groups is 1. The van der Waals surface area contributed by atoms with Crippen LogP contribution in [0.5, 0.6) is 5.75 Å². The van der Waals surface area contributed by atoms with E-state index in [4.69, 9.17) is 14.3 Å². The molecule has 1 aromatic carbocycles. The predicted octanol–water partition coefficient (Wildman–Crippen LogP) is 3.17. The minimum Gasteiger partial charge on any atom is -0.494 e. The molecule has 0 N–H and O–H groups in total. The van der Waals surface area contributed by atoms with Crippen LogP contribution in [0.15, 0.2) is 29.4 Å². The Morgan fingerprint density at radius 3 is 2.62 bits per heavy atom. The summed E-state index contributed by atoms with van der Waals surface area (Å²) in [6, 6.07) is 7.60. The van der Waals surface area contributed by atoms with Gasteiger partial charge in [-0.2, -0.15) is 0 Å². The molecule has 0 saturated heterocycles. The van der Waals surface area contributed by atoms with Crippen LogP contribution in [0.4, 0.5) is 0 Å². The minimum absolute atomic E-state index is 0.204. The number of unbranched alkanes of at least 4 members (excludes halogenated alkanes) is 1. The first-order valence-corrected chi connectivity index (χ1v) is 7.30. The Bertz CT molecular complexity index is 428. The smallest absolute Gasteiger partial charge is 0.309 e. The van der Waals surface area contributed by atoms with Crippen molar-refractivity contribution in [3.05, 3.63) is 29.8 Å². The Labute approximate surface area is 125 Å². The average Bonchev–Trinajstić information content (AvgIpc) is 2.49. The molecular formula is C16H23NO4. The maximum atomic E-state index is 11.1. The summed E-state index contributed by atoms with van der Waals surface area (Å²) in [5.74, 6) is 0.574. The molecule has 0 radical (unpaired) electrons. The van der Waals surface area contributed by atoms with Crippen molar-refractivity contribution in [2.24, 2.45) is 5.16 Å². The first kappa shape index (κ1) is 17.0. The van der Waals surface area contributed by atoms with Gasteiger partial charge in [0.2, 0.25) is 0 Å². The van der Waals surface area contributed by atoms with Gasteiger partial charge < -0.3 is 14.3 Å². The highest BCUT2D eigenvalue weighted by molar-refractivity contribution is 5.79. The lowest BCUT2D eigenvalue weighted by Crippen LogP contribution is -2.06. The molecule has 5 nitrogen and oxygen atoms in total. The van der Waals surface area contributed by atoms with Crippen LogP contribution in [0, 0.1) is 0 Å². The maximum absolute atomic E-state index is 11.1. The number of oxime groups is 1. The maximum Gasteiger partial charge on any atom is 0.309 e. The van der Waals surface area contributed by atoms with Gasteiger partial charge in [-0.25, -0.2) is 0 Å². The Kier molecular flexibility index (Phi) is 8.68. The zero-order chi connectivity index (χ0) is 15.3. The van der Waals surface area contributed by atoms with Crippen LogP contribution >= 0.6 is 0 Å². The fourth-order valence-electron chi connectivity index (χ4n) is 1.50. The lowest BCUT2D eigenvalue weighted by Gasteiger charge is -2.04. The molecular weight excluding hydrogens is 270 g/mol. The van der Waals surface area contributed by atoms with Crippen LogP contribution in [0.25, 0.3) is 0 Å². The predicted molar refractivity (Wildman–Crippen MR) is 81.6 cm³/mol. The second kappa shape index (κ2) is 10.7. The molecule has 0 unspecified atom stereocenters. The first-order valence-electron chi connectivity index (χ1n) is 7.30. The van der Waals surface area contributed by atoms with Gasteiger partial charge in [-0.05, 0) is 43.2 Å². The summed E-state index contributed by atoms with van der Waals surface area (Å²) in [4.78, 5) is 16.1. The van der Waals surface area contributed by atoms with E-state index in [1.54, 1.807) is 13.1 Å². The van der Waals surface area contributed by atoms with Crippen molar-refractivity contribution < 1.29 is 19.1 Å². The van der Waals surface area contributed by atoms with E-state index in [-0.39, 0.29) is 19.0 Å². The Morgan fingerprint density at radius 1 is 1.19 bits per heavy atom. The lowest BCUT2D eigenvalue weighted by molar-refractivity contribution is -0.144. The monoisotopic (exact) mass is 293 g/mol. The SMILES string of the molecule is CCCCOc1ccc(/C=N/OCCC(=O)OCC)cc1. The minimum atomic E-state index is -0.277. The summed E-state index contributed by atoms with van der Waals surface area (Å²) in [5.41, 5.74) is 0.911. The summed E-state index contributed by atoms with van der Waals surface area (Å²) < 4.78 is 10.3. The number of benzene rings is 1. The van der Waals surface area contributed by atoms with Crippen molar-refractivity contribution in [1.29, 1.82) is 0 Å². The number of nitrogens with zero attached hydrogens (tertiary/aromatic N) is 1. The number of esters is 1. The zero-order valence-corrected chi connectivity index (χ0v) is 12.7. The highest BCUT2D eigenvalue weighted by atomic mass is 16.6. The van der Waals surface area contributed by atoms with Crippen LogP contribution in [0.2, 0.25) is 0 Å². The van der Waals surface area contributed by atoms with Gasteiger partial charge in [0.15, 0.2) is 0 Å². The molecule has 1 aromatic rings. The van der Waals surface area contributed by atoms with E-state index in [0.717, 1.165) is 30.8 Å². The highest BCUT2D eigenvalue weighted by Crippen LogP contribution is 2.11. The van der Waals surface area contributed by atoms with Crippen molar-refractivity contribution >= 4 is 12.2 Å². The molecule has 0 aromatic heterocycles. The largest absolute Gasteiger partial charge is 0.494 e. The number of hydrogen-bond donors (Lipinski definition) is 0. The van der Waals surface area contributed by atoms with Gasteiger partial charge in [-0.3, -0.25) is 4.79 Å². The van der Waals surface area contributed by atoms with Crippen LogP contribution in [-0.2, 0) is 14.4 Å². The summed E-state index contributed by atoms with van der Waals surface area (Å²) in [5, 5.41) is 3.81. The highest BCUT2D eigenvalue weighted by Gasteiger charge is 2.00. The van der Waals surface area contributed by atoms with Gasteiger partial charge in [-0.1, -0.05) is 18.5 Å². The number of ether oxygens (including phenoxy) is 2. The molecule has 0 saturated carbocycles. The van der Waals surface area contributed by atoms with Crippen LogP contribution < -0.4 is 4.74 Å². The summed E-state index contributed by atoms with van der Waals surface area (Å²) in [7, 11) is 0. The molecule has 0 amide bonds. The molecule has 0 fully saturated rings. The van der Waals surface area contributed by atoms with Crippen LogP contribution in [0.3, 0.4) is 0 Å². The fraction of sp³-hybridized carbons (Fsp3) is 0.500. The Balaban J connectivity index is 2.25.